The molecule has 2 atom stereocenters. The van der Waals surface area contributed by atoms with Crippen molar-refractivity contribution < 1.29 is 33.3 Å². The molecule has 10 nitrogen and oxygen atoms in total. The van der Waals surface area contributed by atoms with Crippen LogP contribution in [0.3, 0.4) is 0 Å². The molecule has 0 aromatic heterocycles. The number of nitrogens with zero attached hydrogens (tertiary/aromatic N) is 2. The molecule has 2 heterocycles. The van der Waals surface area contributed by atoms with Crippen molar-refractivity contribution in [1.82, 2.24) is 15.1 Å². The lowest BCUT2D eigenvalue weighted by atomic mass is 10.1. The second kappa shape index (κ2) is 15.7. The minimum Gasteiger partial charge on any atom is -0.457 e. The number of para-hydroxylation sites is 1. The van der Waals surface area contributed by atoms with E-state index in [4.69, 9.17) is 18.9 Å². The number of rotatable bonds is 10. The van der Waals surface area contributed by atoms with E-state index >= 15 is 0 Å². The summed E-state index contributed by atoms with van der Waals surface area (Å²) in [6, 6.07) is 16.0. The molecule has 2 unspecified atom stereocenters. The van der Waals surface area contributed by atoms with Crippen LogP contribution in [0.15, 0.2) is 54.6 Å². The Labute approximate surface area is 241 Å². The molecule has 2 aromatic carbocycles. The van der Waals surface area contributed by atoms with E-state index < -0.39 is 30.7 Å². The van der Waals surface area contributed by atoms with Crippen LogP contribution in [-0.2, 0) is 9.47 Å². The summed E-state index contributed by atoms with van der Waals surface area (Å²) in [4.78, 5) is 41.9. The Morgan fingerprint density at radius 2 is 1.41 bits per heavy atom. The zero-order chi connectivity index (χ0) is 28.9. The molecule has 0 saturated carbocycles. The molecule has 4 rings (SSSR count). The molecule has 0 bridgehead atoms. The predicted molar refractivity (Wildman–Crippen MR) is 153 cm³/mol. The van der Waals surface area contributed by atoms with Crippen molar-refractivity contribution in [2.75, 3.05) is 19.6 Å². The summed E-state index contributed by atoms with van der Waals surface area (Å²) in [5.41, 5.74) is 0. The number of amides is 3. The highest BCUT2D eigenvalue weighted by atomic mass is 16.6. The standard InChI is InChI=1S/C31H41N3O7/c1-2-3-4-9-21-32-29(35)40-27-15-12-16-28(41-30(36)33-22-10-6-11-23-33)34(27)31(37)39-26-19-17-25(18-20-26)38-24-13-7-5-8-14-24/h5,7-8,13-14,17-20,27-28H,2-4,6,9-12,15-16,21-23H2,1H3,(H,32,35). The van der Waals surface area contributed by atoms with Gasteiger partial charge in [-0.25, -0.2) is 19.3 Å². The van der Waals surface area contributed by atoms with E-state index in [9.17, 15) is 14.4 Å². The molecule has 0 aliphatic carbocycles. The zero-order valence-corrected chi connectivity index (χ0v) is 23.8. The monoisotopic (exact) mass is 567 g/mol. The third-order valence-corrected chi connectivity index (χ3v) is 7.14. The first-order valence-electron chi connectivity index (χ1n) is 14.8. The number of carbonyl (C=O) groups excluding carboxylic acids is 3. The van der Waals surface area contributed by atoms with Crippen LogP contribution >= 0.6 is 0 Å². The summed E-state index contributed by atoms with van der Waals surface area (Å²) >= 11 is 0. The molecule has 2 aliphatic rings. The highest BCUT2D eigenvalue weighted by Gasteiger charge is 2.41. The number of piperidine rings is 2. The Bertz CT molecular complexity index is 1110. The molecule has 10 heteroatoms. The maximum absolute atomic E-state index is 13.5. The summed E-state index contributed by atoms with van der Waals surface area (Å²) in [6.45, 7) is 3.85. The van der Waals surface area contributed by atoms with Gasteiger partial charge in [0, 0.05) is 32.5 Å². The van der Waals surface area contributed by atoms with Crippen molar-refractivity contribution in [2.24, 2.45) is 0 Å². The fourth-order valence-corrected chi connectivity index (χ4v) is 4.93. The number of likely N-dealkylation sites (tertiary alicyclic amines) is 2. The summed E-state index contributed by atoms with van der Waals surface area (Å²) in [6.07, 6.45) is 4.68. The number of alkyl carbamates (subject to hydrolysis) is 1. The van der Waals surface area contributed by atoms with Crippen LogP contribution in [0.2, 0.25) is 0 Å². The van der Waals surface area contributed by atoms with Gasteiger partial charge in [-0.15, -0.1) is 0 Å². The minimum absolute atomic E-state index is 0.279. The second-order valence-electron chi connectivity index (χ2n) is 10.3. The van der Waals surface area contributed by atoms with E-state index in [2.05, 4.69) is 12.2 Å². The lowest BCUT2D eigenvalue weighted by molar-refractivity contribution is -0.118. The first kappa shape index (κ1) is 30.0. The number of benzene rings is 2. The first-order valence-corrected chi connectivity index (χ1v) is 14.8. The topological polar surface area (TPSA) is 107 Å². The number of carbonyl (C=O) groups is 3. The minimum atomic E-state index is -0.938. The highest BCUT2D eigenvalue weighted by Crippen LogP contribution is 2.29. The van der Waals surface area contributed by atoms with Gasteiger partial charge in [0.25, 0.3) is 0 Å². The quantitative estimate of drug-likeness (QED) is 0.307. The lowest BCUT2D eigenvalue weighted by Crippen LogP contribution is -2.56. The number of unbranched alkanes of at least 4 members (excludes halogenated alkanes) is 3. The third-order valence-electron chi connectivity index (χ3n) is 7.14. The Morgan fingerprint density at radius 3 is 2.12 bits per heavy atom. The van der Waals surface area contributed by atoms with E-state index in [1.807, 2.05) is 30.3 Å². The van der Waals surface area contributed by atoms with Crippen molar-refractivity contribution >= 4 is 18.3 Å². The molecular formula is C31H41N3O7. The smallest absolute Gasteiger partial charge is 0.421 e. The number of hydrogen-bond acceptors (Lipinski definition) is 7. The maximum atomic E-state index is 13.5. The van der Waals surface area contributed by atoms with Crippen LogP contribution < -0.4 is 14.8 Å². The number of ether oxygens (including phenoxy) is 4. The van der Waals surface area contributed by atoms with Gasteiger partial charge >= 0.3 is 18.3 Å². The fourth-order valence-electron chi connectivity index (χ4n) is 4.93. The number of nitrogens with one attached hydrogen (secondary N) is 1. The first-order chi connectivity index (χ1) is 20.0. The predicted octanol–water partition coefficient (Wildman–Crippen LogP) is 7.04. The van der Waals surface area contributed by atoms with E-state index in [1.165, 1.54) is 4.90 Å². The third kappa shape index (κ3) is 9.30. The fraction of sp³-hybridized carbons (Fsp3) is 0.516. The van der Waals surface area contributed by atoms with Crippen LogP contribution in [0.5, 0.6) is 17.2 Å². The largest absolute Gasteiger partial charge is 0.457 e. The van der Waals surface area contributed by atoms with Gasteiger partial charge < -0.3 is 29.2 Å². The Morgan fingerprint density at radius 1 is 0.756 bits per heavy atom. The van der Waals surface area contributed by atoms with E-state index in [0.29, 0.717) is 50.4 Å². The van der Waals surface area contributed by atoms with Crippen molar-refractivity contribution in [3.05, 3.63) is 54.6 Å². The molecule has 222 valence electrons. The molecule has 3 amide bonds. The van der Waals surface area contributed by atoms with E-state index in [-0.39, 0.29) is 5.75 Å². The van der Waals surface area contributed by atoms with Crippen LogP contribution in [0.1, 0.15) is 71.1 Å². The highest BCUT2D eigenvalue weighted by molar-refractivity contribution is 5.74. The van der Waals surface area contributed by atoms with Crippen molar-refractivity contribution in [2.45, 2.75) is 83.6 Å². The average Bonchev–Trinajstić information content (AvgIpc) is 2.99. The Kier molecular flexibility index (Phi) is 11.5. The molecule has 2 saturated heterocycles. The van der Waals surface area contributed by atoms with Crippen LogP contribution in [0.4, 0.5) is 14.4 Å². The SMILES string of the molecule is CCCCCCNC(=O)OC1CCCC(OC(=O)N2CCCCC2)N1C(=O)Oc1ccc(Oc2ccccc2)cc1. The molecule has 2 aromatic rings. The van der Waals surface area contributed by atoms with Crippen molar-refractivity contribution in [3.63, 3.8) is 0 Å². The summed E-state index contributed by atoms with van der Waals surface area (Å²) < 4.78 is 22.9. The van der Waals surface area contributed by atoms with Crippen molar-refractivity contribution in [3.8, 4) is 17.2 Å². The summed E-state index contributed by atoms with van der Waals surface area (Å²) in [5.74, 6) is 1.55. The van der Waals surface area contributed by atoms with Gasteiger partial charge in [-0.3, -0.25) is 0 Å². The van der Waals surface area contributed by atoms with Crippen LogP contribution in [0.25, 0.3) is 0 Å². The van der Waals surface area contributed by atoms with Gasteiger partial charge in [-0.05, 0) is 68.5 Å². The van der Waals surface area contributed by atoms with Gasteiger partial charge in [0.05, 0.1) is 0 Å². The van der Waals surface area contributed by atoms with Crippen LogP contribution in [-0.4, -0.2) is 60.2 Å². The zero-order valence-electron chi connectivity index (χ0n) is 23.8. The lowest BCUT2D eigenvalue weighted by Gasteiger charge is -2.40. The molecule has 0 radical (unpaired) electrons. The molecular weight excluding hydrogens is 526 g/mol. The van der Waals surface area contributed by atoms with Gasteiger partial charge in [-0.2, -0.15) is 0 Å². The van der Waals surface area contributed by atoms with E-state index in [0.717, 1.165) is 44.9 Å². The Balaban J connectivity index is 1.42. The molecule has 1 N–H and O–H groups in total. The molecule has 2 aliphatic heterocycles. The van der Waals surface area contributed by atoms with E-state index in [1.54, 1.807) is 29.2 Å². The maximum Gasteiger partial charge on any atom is 0.421 e. The average molecular weight is 568 g/mol. The van der Waals surface area contributed by atoms with Crippen LogP contribution in [0, 0.1) is 0 Å². The Hall–Kier alpha value is -3.95. The van der Waals surface area contributed by atoms with Gasteiger partial charge in [0.15, 0.2) is 12.5 Å². The van der Waals surface area contributed by atoms with Gasteiger partial charge in [0.1, 0.15) is 17.2 Å². The van der Waals surface area contributed by atoms with Crippen molar-refractivity contribution in [1.29, 1.82) is 0 Å². The summed E-state index contributed by atoms with van der Waals surface area (Å²) in [7, 11) is 0. The molecule has 2 fully saturated rings. The number of hydrogen-bond donors (Lipinski definition) is 1. The van der Waals surface area contributed by atoms with Gasteiger partial charge in [0.2, 0.25) is 0 Å². The van der Waals surface area contributed by atoms with Gasteiger partial charge in [-0.1, -0.05) is 44.4 Å². The molecule has 41 heavy (non-hydrogen) atoms. The molecule has 0 spiro atoms. The second-order valence-corrected chi connectivity index (χ2v) is 10.3. The summed E-state index contributed by atoms with van der Waals surface area (Å²) in [5, 5.41) is 2.76. The normalized spacial score (nSPS) is 18.8.